The number of hydrogen-bond acceptors (Lipinski definition) is 4. The highest BCUT2D eigenvalue weighted by Gasteiger charge is 2.30. The molecule has 31 heavy (non-hydrogen) atoms. The lowest BCUT2D eigenvalue weighted by molar-refractivity contribution is -0.143. The van der Waals surface area contributed by atoms with Crippen LogP contribution in [0.3, 0.4) is 0 Å². The van der Waals surface area contributed by atoms with Gasteiger partial charge in [0.2, 0.25) is 5.91 Å². The molecule has 0 radical (unpaired) electrons. The monoisotopic (exact) mass is 461 g/mol. The van der Waals surface area contributed by atoms with Crippen molar-refractivity contribution in [3.8, 4) is 16.2 Å². The van der Waals surface area contributed by atoms with Crippen molar-refractivity contribution in [2.45, 2.75) is 25.6 Å². The van der Waals surface area contributed by atoms with Gasteiger partial charge < -0.3 is 10.0 Å². The Bertz CT molecular complexity index is 1170. The van der Waals surface area contributed by atoms with Gasteiger partial charge in [-0.1, -0.05) is 24.3 Å². The molecule has 3 nitrogen and oxygen atoms in total. The summed E-state index contributed by atoms with van der Waals surface area (Å²) in [7, 11) is 0. The van der Waals surface area contributed by atoms with E-state index in [2.05, 4.69) is 0 Å². The first-order chi connectivity index (χ1) is 14.8. The molecular weight excluding hydrogens is 443 g/mol. The number of rotatable bonds is 6. The lowest BCUT2D eigenvalue weighted by atomic mass is 10.1. The summed E-state index contributed by atoms with van der Waals surface area (Å²) in [4.78, 5) is 15.9. The predicted octanol–water partition coefficient (Wildman–Crippen LogP) is 7.21. The molecule has 0 saturated heterocycles. The van der Waals surface area contributed by atoms with E-state index in [-0.39, 0.29) is 18.0 Å². The van der Waals surface area contributed by atoms with E-state index in [0.717, 1.165) is 25.4 Å². The topological polar surface area (TPSA) is 40.5 Å². The van der Waals surface area contributed by atoms with Crippen LogP contribution in [0.1, 0.15) is 17.7 Å². The third-order valence-electron chi connectivity index (χ3n) is 4.79. The molecule has 0 atom stereocenters. The van der Waals surface area contributed by atoms with E-state index in [9.17, 15) is 23.1 Å². The van der Waals surface area contributed by atoms with Gasteiger partial charge in [0.25, 0.3) is 0 Å². The Labute approximate surface area is 185 Å². The zero-order chi connectivity index (χ0) is 22.0. The maximum absolute atomic E-state index is 12.9. The van der Waals surface area contributed by atoms with Crippen molar-refractivity contribution >= 4 is 44.4 Å². The molecular formula is C23H18F3NO2S2. The lowest BCUT2D eigenvalue weighted by Gasteiger charge is -2.24. The summed E-state index contributed by atoms with van der Waals surface area (Å²) < 4.78 is 39.3. The Kier molecular flexibility index (Phi) is 6.02. The highest BCUT2D eigenvalue weighted by atomic mass is 32.1. The summed E-state index contributed by atoms with van der Waals surface area (Å²) >= 11 is 2.97. The van der Waals surface area contributed by atoms with Crippen LogP contribution in [-0.4, -0.2) is 17.2 Å². The lowest BCUT2D eigenvalue weighted by Crippen LogP contribution is -2.31. The van der Waals surface area contributed by atoms with Gasteiger partial charge in [-0.05, 0) is 52.7 Å². The van der Waals surface area contributed by atoms with Crippen LogP contribution in [0.5, 0.6) is 5.75 Å². The highest BCUT2D eigenvalue weighted by Crippen LogP contribution is 2.37. The fourth-order valence-corrected chi connectivity index (χ4v) is 5.08. The average molecular weight is 462 g/mol. The van der Waals surface area contributed by atoms with Gasteiger partial charge in [-0.25, -0.2) is 0 Å². The minimum Gasteiger partial charge on any atom is -0.506 e. The molecule has 0 aliphatic heterocycles. The molecule has 4 aromatic rings. The van der Waals surface area contributed by atoms with E-state index >= 15 is 0 Å². The quantitative estimate of drug-likeness (QED) is 0.330. The number of carbonyl (C=O) groups excluding carboxylic acids is 1. The number of aromatic hydroxyl groups is 1. The molecule has 8 heteroatoms. The van der Waals surface area contributed by atoms with Crippen molar-refractivity contribution in [1.82, 2.24) is 0 Å². The molecule has 0 bridgehead atoms. The molecule has 0 fully saturated rings. The summed E-state index contributed by atoms with van der Waals surface area (Å²) in [6.07, 6.45) is -6.32. The summed E-state index contributed by atoms with van der Waals surface area (Å²) in [6.45, 7) is 0.0808. The van der Waals surface area contributed by atoms with Crippen molar-refractivity contribution < 1.29 is 23.1 Å². The Morgan fingerprint density at radius 3 is 2.55 bits per heavy atom. The van der Waals surface area contributed by atoms with E-state index in [1.807, 2.05) is 47.8 Å². The number of fused-ring (bicyclic) bond motifs is 1. The first-order valence-electron chi connectivity index (χ1n) is 9.51. The van der Waals surface area contributed by atoms with Crippen molar-refractivity contribution in [2.75, 3.05) is 4.90 Å². The van der Waals surface area contributed by atoms with Crippen LogP contribution < -0.4 is 4.90 Å². The Balaban J connectivity index is 1.71. The fourth-order valence-electron chi connectivity index (χ4n) is 3.30. The molecule has 160 valence electrons. The number of hydrogen-bond donors (Lipinski definition) is 1. The van der Waals surface area contributed by atoms with Crippen LogP contribution >= 0.6 is 22.7 Å². The number of benzene rings is 2. The number of phenols is 1. The van der Waals surface area contributed by atoms with Gasteiger partial charge in [-0.15, -0.1) is 22.7 Å². The van der Waals surface area contributed by atoms with Gasteiger partial charge in [-0.2, -0.15) is 13.2 Å². The third-order valence-corrected chi connectivity index (χ3v) is 6.81. The fraction of sp³-hybridized carbons (Fsp3) is 0.174. The first-order valence-corrected chi connectivity index (χ1v) is 11.2. The Morgan fingerprint density at radius 1 is 1.03 bits per heavy atom. The number of carbonyl (C=O) groups is 1. The van der Waals surface area contributed by atoms with Gasteiger partial charge >= 0.3 is 6.18 Å². The third kappa shape index (κ3) is 5.08. The smallest absolute Gasteiger partial charge is 0.389 e. The number of phenolic OH excluding ortho intramolecular Hbond substituents is 1. The van der Waals surface area contributed by atoms with Gasteiger partial charge in [0.05, 0.1) is 18.7 Å². The van der Waals surface area contributed by atoms with Crippen molar-refractivity contribution in [2.24, 2.45) is 0 Å². The van der Waals surface area contributed by atoms with Crippen molar-refractivity contribution in [3.05, 3.63) is 70.9 Å². The molecule has 0 saturated carbocycles. The number of alkyl halides is 3. The molecule has 4 rings (SSSR count). The molecule has 1 amide bonds. The minimum atomic E-state index is -4.43. The molecule has 0 aliphatic rings. The normalized spacial score (nSPS) is 11.7. The Hall–Kier alpha value is -2.84. The number of thiophene rings is 2. The molecule has 1 N–H and O–H groups in total. The zero-order valence-electron chi connectivity index (χ0n) is 16.2. The Morgan fingerprint density at radius 2 is 1.84 bits per heavy atom. The molecule has 0 spiro atoms. The van der Waals surface area contributed by atoms with E-state index in [0.29, 0.717) is 0 Å². The summed E-state index contributed by atoms with van der Waals surface area (Å²) in [5.41, 5.74) is 0.989. The van der Waals surface area contributed by atoms with Crippen LogP contribution in [-0.2, 0) is 11.3 Å². The van der Waals surface area contributed by atoms with Crippen LogP contribution in [0.25, 0.3) is 20.5 Å². The molecule has 0 unspecified atom stereocenters. The minimum absolute atomic E-state index is 0.0808. The van der Waals surface area contributed by atoms with Crippen LogP contribution in [0, 0.1) is 0 Å². The van der Waals surface area contributed by atoms with Crippen molar-refractivity contribution in [1.29, 1.82) is 0 Å². The first kappa shape index (κ1) is 21.4. The van der Waals surface area contributed by atoms with E-state index in [1.54, 1.807) is 12.1 Å². The number of nitrogens with zero attached hydrogens (tertiary/aromatic N) is 1. The van der Waals surface area contributed by atoms with Gasteiger partial charge in [0, 0.05) is 20.9 Å². The second-order valence-electron chi connectivity index (χ2n) is 7.03. The largest absolute Gasteiger partial charge is 0.506 e. The van der Waals surface area contributed by atoms with Gasteiger partial charge in [-0.3, -0.25) is 4.79 Å². The van der Waals surface area contributed by atoms with Crippen LogP contribution in [0.2, 0.25) is 0 Å². The predicted molar refractivity (Wildman–Crippen MR) is 120 cm³/mol. The maximum Gasteiger partial charge on any atom is 0.389 e. The second-order valence-corrected chi connectivity index (χ2v) is 9.14. The summed E-state index contributed by atoms with van der Waals surface area (Å²) in [5, 5.41) is 13.4. The van der Waals surface area contributed by atoms with E-state index in [1.165, 1.54) is 33.6 Å². The van der Waals surface area contributed by atoms with Gasteiger partial charge in [0.1, 0.15) is 5.75 Å². The summed E-state index contributed by atoms with van der Waals surface area (Å²) in [5.74, 6) is -0.838. The van der Waals surface area contributed by atoms with E-state index < -0.39 is 24.9 Å². The standard InChI is InChI=1S/C23H18F3NO2S2/c24-23(25,26)10-9-22(29)27(14-17-12-15-4-1-2-5-21(15)31-17)18-13-16(7-8-19(18)28)20-6-3-11-30-20/h1-8,11-13,28H,9-10,14H2. The number of halogens is 3. The van der Waals surface area contributed by atoms with Crippen molar-refractivity contribution in [3.63, 3.8) is 0 Å². The van der Waals surface area contributed by atoms with Crippen LogP contribution in [0.4, 0.5) is 18.9 Å². The molecule has 2 aromatic heterocycles. The molecule has 0 aliphatic carbocycles. The molecule has 2 aromatic carbocycles. The number of amides is 1. The highest BCUT2D eigenvalue weighted by molar-refractivity contribution is 7.19. The molecule has 2 heterocycles. The zero-order valence-corrected chi connectivity index (χ0v) is 17.9. The second kappa shape index (κ2) is 8.72. The van der Waals surface area contributed by atoms with Crippen LogP contribution in [0.15, 0.2) is 66.0 Å². The summed E-state index contributed by atoms with van der Waals surface area (Å²) in [6, 6.07) is 18.3. The SMILES string of the molecule is O=C(CCC(F)(F)F)N(Cc1cc2ccccc2s1)c1cc(-c2cccs2)ccc1O. The van der Waals surface area contributed by atoms with Gasteiger partial charge in [0.15, 0.2) is 0 Å². The average Bonchev–Trinajstić information content (AvgIpc) is 3.40. The maximum atomic E-state index is 12.9. The van der Waals surface area contributed by atoms with E-state index in [4.69, 9.17) is 0 Å². The number of anilines is 1.